The van der Waals surface area contributed by atoms with Crippen LogP contribution in [0.15, 0.2) is 30.6 Å². The molecule has 2 heterocycles. The number of amides is 1. The number of ether oxygens (including phenoxy) is 1. The lowest BCUT2D eigenvalue weighted by atomic mass is 10.1. The van der Waals surface area contributed by atoms with Gasteiger partial charge in [0, 0.05) is 55.7 Å². The number of carbonyl (C=O) groups excluding carboxylic acids is 1. The van der Waals surface area contributed by atoms with E-state index in [2.05, 4.69) is 29.9 Å². The first kappa shape index (κ1) is 18.5. The predicted molar refractivity (Wildman–Crippen MR) is 103 cm³/mol. The molecule has 0 aliphatic carbocycles. The van der Waals surface area contributed by atoms with Gasteiger partial charge in [0.2, 0.25) is 0 Å². The highest BCUT2D eigenvalue weighted by molar-refractivity contribution is 5.95. The van der Waals surface area contributed by atoms with Gasteiger partial charge in [0.15, 0.2) is 0 Å². The summed E-state index contributed by atoms with van der Waals surface area (Å²) in [6, 6.07) is 6.01. The van der Waals surface area contributed by atoms with Gasteiger partial charge in [-0.05, 0) is 44.5 Å². The molecular formula is C20H28N4O2. The van der Waals surface area contributed by atoms with Crippen molar-refractivity contribution in [3.63, 3.8) is 0 Å². The maximum atomic E-state index is 13.0. The van der Waals surface area contributed by atoms with Gasteiger partial charge in [-0.1, -0.05) is 0 Å². The number of aryl methyl sites for hydroxylation is 2. The lowest BCUT2D eigenvalue weighted by Crippen LogP contribution is -2.36. The number of benzene rings is 1. The van der Waals surface area contributed by atoms with E-state index in [0.29, 0.717) is 13.1 Å². The van der Waals surface area contributed by atoms with E-state index in [-0.39, 0.29) is 5.91 Å². The van der Waals surface area contributed by atoms with E-state index in [9.17, 15) is 4.79 Å². The molecule has 1 aliphatic rings. The minimum Gasteiger partial charge on any atom is -0.378 e. The summed E-state index contributed by atoms with van der Waals surface area (Å²) >= 11 is 0. The molecule has 0 atom stereocenters. The van der Waals surface area contributed by atoms with Gasteiger partial charge in [-0.15, -0.1) is 0 Å². The van der Waals surface area contributed by atoms with Crippen LogP contribution in [0.1, 0.15) is 35.3 Å². The molecule has 1 aliphatic heterocycles. The van der Waals surface area contributed by atoms with Crippen molar-refractivity contribution in [1.29, 1.82) is 0 Å². The fraction of sp³-hybridized carbons (Fsp3) is 0.500. The summed E-state index contributed by atoms with van der Waals surface area (Å²) in [4.78, 5) is 17.1. The van der Waals surface area contributed by atoms with Crippen LogP contribution in [0.25, 0.3) is 0 Å². The molecule has 0 spiro atoms. The third kappa shape index (κ3) is 4.07. The van der Waals surface area contributed by atoms with Gasteiger partial charge in [-0.2, -0.15) is 5.10 Å². The summed E-state index contributed by atoms with van der Waals surface area (Å²) in [5.41, 5.74) is 4.12. The van der Waals surface area contributed by atoms with Crippen molar-refractivity contribution in [2.24, 2.45) is 0 Å². The third-order valence-corrected chi connectivity index (χ3v) is 4.85. The van der Waals surface area contributed by atoms with E-state index in [1.807, 2.05) is 41.0 Å². The zero-order valence-electron chi connectivity index (χ0n) is 15.9. The minimum atomic E-state index is 0.0633. The van der Waals surface area contributed by atoms with Gasteiger partial charge < -0.3 is 14.5 Å². The molecule has 6 heteroatoms. The van der Waals surface area contributed by atoms with Crippen molar-refractivity contribution in [2.75, 3.05) is 37.7 Å². The van der Waals surface area contributed by atoms with E-state index in [0.717, 1.165) is 49.5 Å². The van der Waals surface area contributed by atoms with Crippen LogP contribution in [0, 0.1) is 6.92 Å². The van der Waals surface area contributed by atoms with Gasteiger partial charge in [-0.25, -0.2) is 0 Å². The highest BCUT2D eigenvalue weighted by Crippen LogP contribution is 2.23. The van der Waals surface area contributed by atoms with Crippen molar-refractivity contribution in [3.05, 3.63) is 47.3 Å². The molecular weight excluding hydrogens is 328 g/mol. The fourth-order valence-corrected chi connectivity index (χ4v) is 3.34. The monoisotopic (exact) mass is 356 g/mol. The average Bonchev–Trinajstić information content (AvgIpc) is 3.14. The molecule has 2 aromatic rings. The first-order valence-electron chi connectivity index (χ1n) is 9.36. The molecule has 0 bridgehead atoms. The summed E-state index contributed by atoms with van der Waals surface area (Å²) in [5, 5.41) is 4.29. The van der Waals surface area contributed by atoms with Crippen LogP contribution < -0.4 is 4.90 Å². The van der Waals surface area contributed by atoms with E-state index in [1.54, 1.807) is 0 Å². The quantitative estimate of drug-likeness (QED) is 0.799. The van der Waals surface area contributed by atoms with Crippen LogP contribution in [0.5, 0.6) is 0 Å². The minimum absolute atomic E-state index is 0.0633. The molecule has 0 saturated carbocycles. The lowest BCUT2D eigenvalue weighted by molar-refractivity contribution is 0.0752. The molecule has 1 amide bonds. The number of hydrogen-bond donors (Lipinski definition) is 0. The van der Waals surface area contributed by atoms with Crippen LogP contribution in [0.4, 0.5) is 5.69 Å². The smallest absolute Gasteiger partial charge is 0.254 e. The van der Waals surface area contributed by atoms with Gasteiger partial charge >= 0.3 is 0 Å². The maximum Gasteiger partial charge on any atom is 0.254 e. The van der Waals surface area contributed by atoms with Crippen LogP contribution >= 0.6 is 0 Å². The van der Waals surface area contributed by atoms with Crippen LogP contribution in [-0.4, -0.2) is 53.4 Å². The molecule has 1 saturated heterocycles. The Balaban J connectivity index is 1.73. The SMILES string of the molecule is CCN(Cc1cnn(CC)c1)C(=O)c1ccc(N2CCOCC2)c(C)c1. The topological polar surface area (TPSA) is 50.6 Å². The molecule has 3 rings (SSSR count). The first-order valence-corrected chi connectivity index (χ1v) is 9.36. The van der Waals surface area contributed by atoms with Crippen molar-refractivity contribution >= 4 is 11.6 Å². The second-order valence-electron chi connectivity index (χ2n) is 6.62. The average molecular weight is 356 g/mol. The Bertz CT molecular complexity index is 750. The summed E-state index contributed by atoms with van der Waals surface area (Å²) in [5.74, 6) is 0.0633. The first-order chi connectivity index (χ1) is 12.6. The fourth-order valence-electron chi connectivity index (χ4n) is 3.34. The Morgan fingerprint density at radius 2 is 2.04 bits per heavy atom. The second kappa shape index (κ2) is 8.36. The second-order valence-corrected chi connectivity index (χ2v) is 6.62. The van der Waals surface area contributed by atoms with Crippen LogP contribution in [0.3, 0.4) is 0 Å². The van der Waals surface area contributed by atoms with E-state index in [4.69, 9.17) is 4.74 Å². The molecule has 1 aromatic heterocycles. The van der Waals surface area contributed by atoms with Gasteiger partial charge in [0.25, 0.3) is 5.91 Å². The summed E-state index contributed by atoms with van der Waals surface area (Å²) in [6.45, 7) is 11.5. The summed E-state index contributed by atoms with van der Waals surface area (Å²) < 4.78 is 7.31. The Kier molecular flexibility index (Phi) is 5.93. The molecule has 26 heavy (non-hydrogen) atoms. The molecule has 1 aromatic carbocycles. The normalized spacial score (nSPS) is 14.5. The van der Waals surface area contributed by atoms with Crippen molar-refractivity contribution < 1.29 is 9.53 Å². The largest absolute Gasteiger partial charge is 0.378 e. The molecule has 6 nitrogen and oxygen atoms in total. The van der Waals surface area contributed by atoms with E-state index >= 15 is 0 Å². The molecule has 0 unspecified atom stereocenters. The zero-order chi connectivity index (χ0) is 18.5. The van der Waals surface area contributed by atoms with Gasteiger partial charge in [-0.3, -0.25) is 9.48 Å². The predicted octanol–water partition coefficient (Wildman–Crippen LogP) is 2.71. The summed E-state index contributed by atoms with van der Waals surface area (Å²) in [7, 11) is 0. The van der Waals surface area contributed by atoms with Gasteiger partial charge in [0.1, 0.15) is 0 Å². The standard InChI is InChI=1S/C20H28N4O2/c1-4-22(14-17-13-21-24(5-2)15-17)20(25)18-6-7-19(16(3)12-18)23-8-10-26-11-9-23/h6-7,12-13,15H,4-5,8-11,14H2,1-3H3. The van der Waals surface area contributed by atoms with Crippen LogP contribution in [0.2, 0.25) is 0 Å². The Hall–Kier alpha value is -2.34. The molecule has 140 valence electrons. The highest BCUT2D eigenvalue weighted by atomic mass is 16.5. The number of aromatic nitrogens is 2. The number of rotatable bonds is 6. The molecule has 0 N–H and O–H groups in total. The Morgan fingerprint density at radius 1 is 1.27 bits per heavy atom. The summed E-state index contributed by atoms with van der Waals surface area (Å²) in [6.07, 6.45) is 3.84. The number of anilines is 1. The van der Waals surface area contributed by atoms with E-state index < -0.39 is 0 Å². The number of carbonyl (C=O) groups is 1. The van der Waals surface area contributed by atoms with Crippen LogP contribution in [-0.2, 0) is 17.8 Å². The van der Waals surface area contributed by atoms with Crippen molar-refractivity contribution in [3.8, 4) is 0 Å². The number of morpholine rings is 1. The Morgan fingerprint density at radius 3 is 2.65 bits per heavy atom. The number of nitrogens with zero attached hydrogens (tertiary/aromatic N) is 4. The van der Waals surface area contributed by atoms with E-state index in [1.165, 1.54) is 5.69 Å². The maximum absolute atomic E-state index is 13.0. The van der Waals surface area contributed by atoms with Crippen molar-refractivity contribution in [2.45, 2.75) is 33.9 Å². The lowest BCUT2D eigenvalue weighted by Gasteiger charge is -2.30. The molecule has 0 radical (unpaired) electrons. The number of hydrogen-bond acceptors (Lipinski definition) is 4. The molecule has 1 fully saturated rings. The highest BCUT2D eigenvalue weighted by Gasteiger charge is 2.18. The third-order valence-electron chi connectivity index (χ3n) is 4.85. The van der Waals surface area contributed by atoms with Gasteiger partial charge in [0.05, 0.1) is 19.4 Å². The Labute approximate surface area is 155 Å². The van der Waals surface area contributed by atoms with Crippen molar-refractivity contribution in [1.82, 2.24) is 14.7 Å². The zero-order valence-corrected chi connectivity index (χ0v) is 15.9.